The summed E-state index contributed by atoms with van der Waals surface area (Å²) < 4.78 is 26.9. The van der Waals surface area contributed by atoms with Crippen molar-refractivity contribution in [3.63, 3.8) is 0 Å². The molecule has 0 amide bonds. The Morgan fingerprint density at radius 3 is 2.04 bits per heavy atom. The van der Waals surface area contributed by atoms with Gasteiger partial charge in [0.1, 0.15) is 17.9 Å². The molecule has 0 spiro atoms. The molecule has 0 aliphatic rings. The molecule has 5 heteroatoms. The van der Waals surface area contributed by atoms with E-state index < -0.39 is 17.9 Å². The van der Waals surface area contributed by atoms with Crippen LogP contribution in [0.25, 0.3) is 11.6 Å². The summed E-state index contributed by atoms with van der Waals surface area (Å²) in [6, 6.07) is 10.1. The first-order valence-corrected chi connectivity index (χ1v) is 9.46. The van der Waals surface area contributed by atoms with Crippen molar-refractivity contribution in [2.75, 3.05) is 7.05 Å². The summed E-state index contributed by atoms with van der Waals surface area (Å²) in [5.74, 6) is 0.852. The topological polar surface area (TPSA) is 32.3 Å². The second-order valence-electron chi connectivity index (χ2n) is 4.76. The van der Waals surface area contributed by atoms with Crippen LogP contribution in [-0.2, 0) is 0 Å². The van der Waals surface area contributed by atoms with Crippen LogP contribution in [-0.4, -0.2) is 18.4 Å². The number of aliphatic hydroxyl groups is 1. The van der Waals surface area contributed by atoms with E-state index in [1.54, 1.807) is 44.3 Å². The zero-order valence-corrected chi connectivity index (χ0v) is 18.1. The average molecular weight is 410 g/mol. The maximum Gasteiger partial charge on any atom is 0.133 e. The van der Waals surface area contributed by atoms with Gasteiger partial charge in [0.05, 0.1) is 0 Å². The molecule has 1 atom stereocenters. The Bertz CT molecular complexity index is 737. The number of rotatable bonds is 4. The van der Waals surface area contributed by atoms with E-state index in [9.17, 15) is 13.9 Å². The van der Waals surface area contributed by atoms with E-state index in [2.05, 4.69) is 17.7 Å². The molecule has 0 bridgehead atoms. The molecule has 2 aromatic rings. The number of benzene rings is 2. The Balaban J connectivity index is 0. The van der Waals surface area contributed by atoms with Crippen LogP contribution >= 0.6 is 11.6 Å². The molecule has 0 heterocycles. The highest BCUT2D eigenvalue weighted by Crippen LogP contribution is 2.24. The first-order valence-electron chi connectivity index (χ1n) is 9.08. The van der Waals surface area contributed by atoms with Gasteiger partial charge >= 0.3 is 0 Å². The van der Waals surface area contributed by atoms with Gasteiger partial charge in [-0.3, -0.25) is 5.32 Å². The van der Waals surface area contributed by atoms with Crippen molar-refractivity contribution < 1.29 is 13.9 Å². The fraction of sp³-hybridized carbons (Fsp3) is 0.304. The highest BCUT2D eigenvalue weighted by Gasteiger charge is 2.15. The Morgan fingerprint density at radius 2 is 1.61 bits per heavy atom. The van der Waals surface area contributed by atoms with Gasteiger partial charge < -0.3 is 5.11 Å². The zero-order chi connectivity index (χ0) is 22.1. The highest BCUT2D eigenvalue weighted by atomic mass is 35.5. The molecule has 2 nitrogen and oxygen atoms in total. The summed E-state index contributed by atoms with van der Waals surface area (Å²) in [5, 5.41) is 13.2. The van der Waals surface area contributed by atoms with Crippen molar-refractivity contribution >= 4 is 23.3 Å². The summed E-state index contributed by atoms with van der Waals surface area (Å²) in [7, 11) is 1.54. The van der Waals surface area contributed by atoms with Crippen molar-refractivity contribution in [2.24, 2.45) is 0 Å². The van der Waals surface area contributed by atoms with E-state index in [1.807, 2.05) is 27.7 Å². The van der Waals surface area contributed by atoms with Crippen LogP contribution in [0.1, 0.15) is 45.7 Å². The van der Waals surface area contributed by atoms with Gasteiger partial charge in [-0.2, -0.15) is 0 Å². The molecule has 0 fully saturated rings. The average Bonchev–Trinajstić information content (AvgIpc) is 2.71. The van der Waals surface area contributed by atoms with Gasteiger partial charge in [-0.15, -0.1) is 12.3 Å². The van der Waals surface area contributed by atoms with E-state index in [-0.39, 0.29) is 5.56 Å². The molecule has 0 aromatic heterocycles. The van der Waals surface area contributed by atoms with Crippen LogP contribution in [0.2, 0.25) is 5.02 Å². The predicted octanol–water partition coefficient (Wildman–Crippen LogP) is 6.39. The smallest absolute Gasteiger partial charge is 0.133 e. The molecule has 0 saturated heterocycles. The highest BCUT2D eigenvalue weighted by molar-refractivity contribution is 6.30. The Kier molecular flexibility index (Phi) is 17.0. The molecule has 2 N–H and O–H groups in total. The van der Waals surface area contributed by atoms with Crippen molar-refractivity contribution in [1.82, 2.24) is 5.32 Å². The summed E-state index contributed by atoms with van der Waals surface area (Å²) >= 11 is 5.81. The van der Waals surface area contributed by atoms with Gasteiger partial charge in [0.25, 0.3) is 0 Å². The quantitative estimate of drug-likeness (QED) is 0.348. The molecular weight excluding hydrogens is 380 g/mol. The third-order valence-corrected chi connectivity index (χ3v) is 3.25. The minimum absolute atomic E-state index is 0.133. The third kappa shape index (κ3) is 10.2. The third-order valence-electron chi connectivity index (χ3n) is 3.00. The predicted molar refractivity (Wildman–Crippen MR) is 118 cm³/mol. The lowest BCUT2D eigenvalue weighted by atomic mass is 10.0. The van der Waals surface area contributed by atoms with Gasteiger partial charge in [0.15, 0.2) is 0 Å². The Morgan fingerprint density at radius 1 is 1.11 bits per heavy atom. The van der Waals surface area contributed by atoms with Gasteiger partial charge in [0.2, 0.25) is 0 Å². The van der Waals surface area contributed by atoms with Gasteiger partial charge in [-0.05, 0) is 49.9 Å². The zero-order valence-electron chi connectivity index (χ0n) is 17.4. The summed E-state index contributed by atoms with van der Waals surface area (Å²) in [6.45, 7) is 9.65. The number of aliphatic hydroxyl groups excluding tert-OH is 1. The molecule has 0 aliphatic heterocycles. The second kappa shape index (κ2) is 16.9. The fourth-order valence-corrected chi connectivity index (χ4v) is 2.05. The molecule has 2 rings (SSSR count). The molecule has 0 aliphatic carbocycles. The number of hydrogen-bond donors (Lipinski definition) is 2. The van der Waals surface area contributed by atoms with Gasteiger partial charge in [-0.25, -0.2) is 8.78 Å². The van der Waals surface area contributed by atoms with E-state index in [1.165, 1.54) is 6.07 Å². The fourth-order valence-electron chi connectivity index (χ4n) is 1.92. The van der Waals surface area contributed by atoms with E-state index >= 15 is 0 Å². The normalized spacial score (nSPS) is 10.7. The van der Waals surface area contributed by atoms with Crippen LogP contribution in [0.15, 0.2) is 42.5 Å². The van der Waals surface area contributed by atoms with Crippen LogP contribution < -0.4 is 5.32 Å². The first-order chi connectivity index (χ1) is 13.4. The lowest BCUT2D eigenvalue weighted by Gasteiger charge is -2.15. The van der Waals surface area contributed by atoms with Gasteiger partial charge in [0, 0.05) is 22.2 Å². The van der Waals surface area contributed by atoms with Crippen molar-refractivity contribution in [3.05, 3.63) is 70.2 Å². The largest absolute Gasteiger partial charge is 0.374 e. The lowest BCUT2D eigenvalue weighted by molar-refractivity contribution is 0.205. The number of terminal acetylenes is 1. The van der Waals surface area contributed by atoms with Crippen molar-refractivity contribution in [1.29, 1.82) is 0 Å². The van der Waals surface area contributed by atoms with E-state index in [0.717, 1.165) is 17.7 Å². The Hall–Kier alpha value is -2.19. The lowest BCUT2D eigenvalue weighted by Crippen LogP contribution is -2.26. The van der Waals surface area contributed by atoms with Gasteiger partial charge in [-0.1, -0.05) is 51.4 Å². The molecular formula is C23H30ClF2NO. The van der Waals surface area contributed by atoms with Crippen LogP contribution in [0.5, 0.6) is 0 Å². The van der Waals surface area contributed by atoms with Crippen LogP contribution in [0.4, 0.5) is 8.78 Å². The maximum absolute atomic E-state index is 13.9. The molecule has 0 saturated carbocycles. The molecule has 2 aromatic carbocycles. The number of likely N-dealkylation sites (N-methyl/N-ethyl adjacent to an activating group) is 1. The number of halogens is 3. The number of hydrogen-bond acceptors (Lipinski definition) is 2. The summed E-state index contributed by atoms with van der Waals surface area (Å²) in [6.07, 6.45) is 5.13. The SMILES string of the molecule is C#CC.CC.CC.CNC(O)/C(=C/c1ccc(Cl)cc1)c1ccc(F)cc1F. The maximum atomic E-state index is 13.9. The summed E-state index contributed by atoms with van der Waals surface area (Å²) in [4.78, 5) is 0. The van der Waals surface area contributed by atoms with E-state index in [0.29, 0.717) is 10.6 Å². The van der Waals surface area contributed by atoms with Crippen LogP contribution in [0, 0.1) is 24.0 Å². The van der Waals surface area contributed by atoms with Crippen LogP contribution in [0.3, 0.4) is 0 Å². The molecule has 154 valence electrons. The molecule has 0 radical (unpaired) electrons. The first kappa shape index (κ1) is 28.0. The van der Waals surface area contributed by atoms with Crippen molar-refractivity contribution in [2.45, 2.75) is 40.8 Å². The summed E-state index contributed by atoms with van der Waals surface area (Å²) in [5.41, 5.74) is 1.18. The van der Waals surface area contributed by atoms with E-state index in [4.69, 9.17) is 11.6 Å². The Labute approximate surface area is 173 Å². The monoisotopic (exact) mass is 409 g/mol. The minimum Gasteiger partial charge on any atom is -0.374 e. The molecule has 1 unspecified atom stereocenters. The molecule has 28 heavy (non-hydrogen) atoms. The number of nitrogens with one attached hydrogen (secondary N) is 1. The second-order valence-corrected chi connectivity index (χ2v) is 5.19. The minimum atomic E-state index is -1.08. The standard InChI is InChI=1S/C16H14ClF2NO.C3H4.2C2H6/c1-20-16(21)14(8-10-2-4-11(17)5-3-10)13-7-6-12(18)9-15(13)19;1-3-2;2*1-2/h2-9,16,20-21H,1H3;1H,2H3;2*1-2H3/b14-8+;;;. The van der Waals surface area contributed by atoms with Crippen molar-refractivity contribution in [3.8, 4) is 12.3 Å².